The van der Waals surface area contributed by atoms with Crippen molar-refractivity contribution in [3.63, 3.8) is 0 Å². The fraction of sp³-hybridized carbons (Fsp3) is 0.318. The van der Waals surface area contributed by atoms with Gasteiger partial charge in [0.2, 0.25) is 11.1 Å². The lowest BCUT2D eigenvalue weighted by Gasteiger charge is -2.20. The minimum atomic E-state index is -0.106. The number of halogens is 1. The summed E-state index contributed by atoms with van der Waals surface area (Å²) in [6, 6.07) is 13.4. The smallest absolute Gasteiger partial charge is 0.234 e. The van der Waals surface area contributed by atoms with Crippen molar-refractivity contribution in [3.8, 4) is 11.4 Å². The van der Waals surface area contributed by atoms with E-state index in [2.05, 4.69) is 55.3 Å². The third-order valence-electron chi connectivity index (χ3n) is 4.74. The molecule has 3 N–H and O–H groups in total. The van der Waals surface area contributed by atoms with E-state index in [1.165, 1.54) is 16.4 Å². The highest BCUT2D eigenvalue weighted by Gasteiger charge is 2.18. The number of rotatable bonds is 7. The summed E-state index contributed by atoms with van der Waals surface area (Å²) in [7, 11) is 0. The number of aromatic nitrogens is 3. The zero-order valence-corrected chi connectivity index (χ0v) is 19.1. The Kier molecular flexibility index (Phi) is 7.05. The lowest BCUT2D eigenvalue weighted by atomic mass is 9.92. The maximum atomic E-state index is 12.7. The van der Waals surface area contributed by atoms with Crippen LogP contribution in [0.3, 0.4) is 0 Å². The number of para-hydroxylation sites is 1. The molecule has 0 bridgehead atoms. The quantitative estimate of drug-likeness (QED) is 0.382. The molecule has 0 saturated heterocycles. The van der Waals surface area contributed by atoms with Crippen LogP contribution in [0.15, 0.2) is 47.6 Å². The first-order chi connectivity index (χ1) is 14.3. The molecular formula is C22H26ClN5OS. The topological polar surface area (TPSA) is 85.8 Å². The molecule has 0 aliphatic heterocycles. The molecule has 1 amide bonds. The van der Waals surface area contributed by atoms with Gasteiger partial charge in [0.05, 0.1) is 5.75 Å². The van der Waals surface area contributed by atoms with Gasteiger partial charge >= 0.3 is 0 Å². The molecule has 1 aromatic heterocycles. The van der Waals surface area contributed by atoms with Gasteiger partial charge in [-0.15, -0.1) is 10.2 Å². The van der Waals surface area contributed by atoms with Gasteiger partial charge < -0.3 is 11.2 Å². The molecule has 0 saturated carbocycles. The Hall–Kier alpha value is -2.51. The van der Waals surface area contributed by atoms with Crippen molar-refractivity contribution < 1.29 is 4.79 Å². The first kappa shape index (κ1) is 22.2. The summed E-state index contributed by atoms with van der Waals surface area (Å²) in [5.74, 6) is 7.35. The fourth-order valence-electron chi connectivity index (χ4n) is 3.17. The van der Waals surface area contributed by atoms with Crippen LogP contribution >= 0.6 is 23.4 Å². The average molecular weight is 444 g/mol. The summed E-state index contributed by atoms with van der Waals surface area (Å²) in [5.41, 5.74) is 3.97. The van der Waals surface area contributed by atoms with E-state index in [0.29, 0.717) is 27.8 Å². The molecule has 0 fully saturated rings. The van der Waals surface area contributed by atoms with E-state index < -0.39 is 0 Å². The monoisotopic (exact) mass is 443 g/mol. The van der Waals surface area contributed by atoms with Crippen LogP contribution in [0.1, 0.15) is 50.7 Å². The Morgan fingerprint density at radius 1 is 1.07 bits per heavy atom. The highest BCUT2D eigenvalue weighted by atomic mass is 35.5. The van der Waals surface area contributed by atoms with Crippen molar-refractivity contribution in [2.45, 2.75) is 44.7 Å². The first-order valence-corrected chi connectivity index (χ1v) is 11.2. The standard InChI is InChI=1S/C22H26ClN5OS/c1-13(2)17-6-5-7-18(14(3)4)20(17)25-19(29)12-30-22-27-26-21(28(22)24)15-8-10-16(23)11-9-15/h5-11,13-14H,12,24H2,1-4H3,(H,25,29). The Balaban J connectivity index is 1.73. The number of carbonyl (C=O) groups is 1. The average Bonchev–Trinajstić information content (AvgIpc) is 3.07. The van der Waals surface area contributed by atoms with Gasteiger partial charge in [0, 0.05) is 16.3 Å². The number of amides is 1. The maximum absolute atomic E-state index is 12.7. The van der Waals surface area contributed by atoms with Crippen molar-refractivity contribution in [1.82, 2.24) is 14.9 Å². The number of nitrogen functional groups attached to an aromatic ring is 1. The van der Waals surface area contributed by atoms with E-state index in [1.54, 1.807) is 12.1 Å². The largest absolute Gasteiger partial charge is 0.335 e. The molecule has 0 aliphatic rings. The molecule has 0 unspecified atom stereocenters. The molecular weight excluding hydrogens is 418 g/mol. The van der Waals surface area contributed by atoms with Gasteiger partial charge in [-0.2, -0.15) is 0 Å². The lowest BCUT2D eigenvalue weighted by Crippen LogP contribution is -2.19. The Morgan fingerprint density at radius 2 is 1.67 bits per heavy atom. The van der Waals surface area contributed by atoms with Crippen LogP contribution in [0.25, 0.3) is 11.4 Å². The number of nitrogens with two attached hydrogens (primary N) is 1. The normalized spacial score (nSPS) is 11.3. The van der Waals surface area contributed by atoms with Gasteiger partial charge in [-0.1, -0.05) is 69.3 Å². The van der Waals surface area contributed by atoms with E-state index >= 15 is 0 Å². The maximum Gasteiger partial charge on any atom is 0.234 e. The number of hydrogen-bond acceptors (Lipinski definition) is 5. The third kappa shape index (κ3) is 4.96. The molecule has 2 aromatic carbocycles. The molecule has 3 aromatic rings. The number of nitrogens with one attached hydrogen (secondary N) is 1. The summed E-state index contributed by atoms with van der Waals surface area (Å²) in [6.07, 6.45) is 0. The number of thioether (sulfide) groups is 1. The molecule has 6 nitrogen and oxygen atoms in total. The molecule has 8 heteroatoms. The van der Waals surface area contributed by atoms with Crippen molar-refractivity contribution in [3.05, 3.63) is 58.6 Å². The van der Waals surface area contributed by atoms with Gasteiger partial charge in [-0.3, -0.25) is 4.79 Å². The van der Waals surface area contributed by atoms with Crippen LogP contribution in [0.5, 0.6) is 0 Å². The zero-order chi connectivity index (χ0) is 21.8. The van der Waals surface area contributed by atoms with E-state index in [0.717, 1.165) is 22.4 Å². The highest BCUT2D eigenvalue weighted by molar-refractivity contribution is 7.99. The molecule has 0 atom stereocenters. The number of carbonyl (C=O) groups excluding carboxylic acids is 1. The van der Waals surface area contributed by atoms with Gasteiger partial charge in [0.1, 0.15) is 0 Å². The van der Waals surface area contributed by atoms with Crippen LogP contribution in [-0.2, 0) is 4.79 Å². The SMILES string of the molecule is CC(C)c1cccc(C(C)C)c1NC(=O)CSc1nnc(-c2ccc(Cl)cc2)n1N. The Bertz CT molecular complexity index is 1000. The predicted octanol–water partition coefficient (Wildman–Crippen LogP) is 5.29. The summed E-state index contributed by atoms with van der Waals surface area (Å²) in [4.78, 5) is 12.7. The molecule has 0 spiro atoms. The lowest BCUT2D eigenvalue weighted by molar-refractivity contribution is -0.113. The number of benzene rings is 2. The highest BCUT2D eigenvalue weighted by Crippen LogP contribution is 2.32. The molecule has 30 heavy (non-hydrogen) atoms. The van der Waals surface area contributed by atoms with Crippen molar-refractivity contribution >= 4 is 35.0 Å². The minimum Gasteiger partial charge on any atom is -0.335 e. The van der Waals surface area contributed by atoms with E-state index in [4.69, 9.17) is 17.4 Å². The van der Waals surface area contributed by atoms with E-state index in [1.807, 2.05) is 18.2 Å². The van der Waals surface area contributed by atoms with Crippen molar-refractivity contribution in [2.24, 2.45) is 0 Å². The van der Waals surface area contributed by atoms with Gasteiger partial charge in [-0.05, 0) is 47.2 Å². The third-order valence-corrected chi connectivity index (χ3v) is 5.93. The Morgan fingerprint density at radius 3 is 2.23 bits per heavy atom. The molecule has 158 valence electrons. The second-order valence-corrected chi connectivity index (χ2v) is 9.02. The van der Waals surface area contributed by atoms with Gasteiger partial charge in [-0.25, -0.2) is 4.68 Å². The van der Waals surface area contributed by atoms with E-state index in [9.17, 15) is 4.79 Å². The summed E-state index contributed by atoms with van der Waals surface area (Å²) in [5, 5.41) is 12.5. The van der Waals surface area contributed by atoms with Gasteiger partial charge in [0.15, 0.2) is 5.82 Å². The van der Waals surface area contributed by atoms with Crippen molar-refractivity contribution in [2.75, 3.05) is 16.9 Å². The summed E-state index contributed by atoms with van der Waals surface area (Å²) in [6.45, 7) is 8.50. The number of hydrogen-bond donors (Lipinski definition) is 2. The van der Waals surface area contributed by atoms with Crippen LogP contribution < -0.4 is 11.2 Å². The van der Waals surface area contributed by atoms with Crippen LogP contribution in [0.4, 0.5) is 5.69 Å². The summed E-state index contributed by atoms with van der Waals surface area (Å²) < 4.78 is 1.39. The number of anilines is 1. The predicted molar refractivity (Wildman–Crippen MR) is 125 cm³/mol. The number of nitrogens with zero attached hydrogens (tertiary/aromatic N) is 3. The molecule has 1 heterocycles. The minimum absolute atomic E-state index is 0.106. The Labute approximate surface area is 186 Å². The van der Waals surface area contributed by atoms with E-state index in [-0.39, 0.29) is 11.7 Å². The zero-order valence-electron chi connectivity index (χ0n) is 17.5. The van der Waals surface area contributed by atoms with Crippen LogP contribution in [0.2, 0.25) is 5.02 Å². The second-order valence-electron chi connectivity index (χ2n) is 7.64. The molecule has 3 rings (SSSR count). The van der Waals surface area contributed by atoms with Crippen molar-refractivity contribution in [1.29, 1.82) is 0 Å². The molecule has 0 radical (unpaired) electrons. The second kappa shape index (κ2) is 9.53. The van der Waals surface area contributed by atoms with Gasteiger partial charge in [0.25, 0.3) is 0 Å². The fourth-order valence-corrected chi connectivity index (χ4v) is 3.95. The molecule has 0 aliphatic carbocycles. The first-order valence-electron chi connectivity index (χ1n) is 9.79. The van der Waals surface area contributed by atoms with Crippen LogP contribution in [0, 0.1) is 0 Å². The summed E-state index contributed by atoms with van der Waals surface area (Å²) >= 11 is 7.18. The van der Waals surface area contributed by atoms with Crippen LogP contribution in [-0.4, -0.2) is 26.5 Å².